The molecule has 0 saturated heterocycles. The summed E-state index contributed by atoms with van der Waals surface area (Å²) in [5.74, 6) is 0. The van der Waals surface area contributed by atoms with E-state index in [1.165, 1.54) is 0 Å². The predicted molar refractivity (Wildman–Crippen MR) is 52.2 cm³/mol. The van der Waals surface area contributed by atoms with Crippen LogP contribution in [0, 0.1) is 0 Å². The molecule has 0 rings (SSSR count). The van der Waals surface area contributed by atoms with Crippen LogP contribution in [0.3, 0.4) is 0 Å². The van der Waals surface area contributed by atoms with Crippen LogP contribution in [0.25, 0.3) is 0 Å². The van der Waals surface area contributed by atoms with Gasteiger partial charge in [-0.15, -0.1) is 0 Å². The van der Waals surface area contributed by atoms with E-state index < -0.39 is 54.1 Å². The molecule has 15 heteroatoms. The van der Waals surface area contributed by atoms with Crippen molar-refractivity contribution in [3.63, 3.8) is 0 Å². The Bertz CT molecular complexity index is 419. The Labute approximate surface area is 156 Å². The molecule has 0 aromatic carbocycles. The maximum Gasteiger partial charge on any atom is 0.460 e. The molecule has 19 heavy (non-hydrogen) atoms. The van der Waals surface area contributed by atoms with E-state index in [1.807, 2.05) is 4.74 Å². The molecule has 0 unspecified atom stereocenters. The van der Waals surface area contributed by atoms with Gasteiger partial charge in [-0.2, -0.15) is 43.5 Å². The molecule has 0 saturated carbocycles. The van der Waals surface area contributed by atoms with Crippen molar-refractivity contribution in [1.82, 2.24) is 0 Å². The number of alkyl halides is 9. The van der Waals surface area contributed by atoms with Gasteiger partial charge in [-0.1, -0.05) is 0 Å². The maximum atomic E-state index is 12.4. The zero-order valence-electron chi connectivity index (χ0n) is 8.48. The fourth-order valence-corrected chi connectivity index (χ4v) is 0.880. The van der Waals surface area contributed by atoms with Gasteiger partial charge in [0.25, 0.3) is 0 Å². The van der Waals surface area contributed by atoms with Crippen molar-refractivity contribution in [2.75, 3.05) is 0 Å². The minimum Gasteiger partial charge on any atom is -0.281 e. The Morgan fingerprint density at radius 2 is 1.21 bits per heavy atom. The Morgan fingerprint density at radius 3 is 1.42 bits per heavy atom. The van der Waals surface area contributed by atoms with Gasteiger partial charge in [0.15, 0.2) is 0 Å². The first-order valence-corrected chi connectivity index (χ1v) is 5.85. The molecule has 111 valence electrons. The van der Waals surface area contributed by atoms with Crippen LogP contribution in [-0.2, 0) is 14.9 Å². The number of rotatable bonds is 5. The molecule has 0 bridgehead atoms. The molecule has 0 aromatic heterocycles. The summed E-state index contributed by atoms with van der Waals surface area (Å²) in [6.45, 7) is 0. The molecule has 0 atom stereocenters. The second-order valence-corrected chi connectivity index (χ2v) is 5.44. The first-order valence-electron chi connectivity index (χ1n) is 3.33. The van der Waals surface area contributed by atoms with Crippen molar-refractivity contribution in [2.24, 2.45) is 0 Å². The average Bonchev–Trinajstić information content (AvgIpc) is 1.96. The molecule has 1 N–H and O–H groups in total. The van der Waals surface area contributed by atoms with Crippen LogP contribution in [-0.4, -0.2) is 85.8 Å². The maximum absolute atomic E-state index is 12.4. The van der Waals surface area contributed by atoms with Crippen molar-refractivity contribution >= 4 is 84.1 Å². The molecule has 4 nitrogen and oxygen atoms in total. The van der Waals surface area contributed by atoms with E-state index in [9.17, 15) is 43.5 Å². The molecule has 0 amide bonds. The van der Waals surface area contributed by atoms with Gasteiger partial charge in [0.2, 0.25) is 0 Å². The molecule has 0 aliphatic rings. The topological polar surface area (TPSA) is 63.6 Å². The van der Waals surface area contributed by atoms with Gasteiger partial charge in [-0.3, -0.25) is 4.55 Å². The predicted octanol–water partition coefficient (Wildman–Crippen LogP) is 2.32. The molecule has 1 radical (unpaired) electrons. The van der Waals surface area contributed by atoms with Gasteiger partial charge < -0.3 is 0 Å². The second-order valence-electron chi connectivity index (χ2n) is 2.63. The minimum atomic E-state index is -6.87. The standard InChI is InChI=1S/C4HF8IO4S.K/c5-1(6,13)2(7,8)17-3(9,10)4(11,12)18(14,15)16;/h(H,14,15,16);. The number of ether oxygens (including phenoxy) is 1. The largest absolute Gasteiger partial charge is 0.460 e. The molecular formula is C4HF8IKO4S. The fraction of sp³-hybridized carbons (Fsp3) is 1.00. The van der Waals surface area contributed by atoms with Gasteiger partial charge in [-0.25, -0.2) is 4.74 Å². The summed E-state index contributed by atoms with van der Waals surface area (Å²) in [6.07, 6.45) is -12.7. The summed E-state index contributed by atoms with van der Waals surface area (Å²) < 4.78 is 122. The van der Waals surface area contributed by atoms with E-state index in [0.29, 0.717) is 0 Å². The summed E-state index contributed by atoms with van der Waals surface area (Å²) >= 11 is -0.390. The Hall–Kier alpha value is 1.68. The molecule has 0 heterocycles. The zero-order chi connectivity index (χ0) is 15.2. The molecule has 0 aliphatic heterocycles. The zero-order valence-corrected chi connectivity index (χ0v) is 14.6. The number of hydrogen-bond acceptors (Lipinski definition) is 3. The SMILES string of the molecule is O=S(=O)(O)C(F)(F)C(F)(F)OC(F)(F)C(F)(F)I.[K]. The van der Waals surface area contributed by atoms with E-state index in [4.69, 9.17) is 4.55 Å². The van der Waals surface area contributed by atoms with E-state index in [1.54, 1.807) is 0 Å². The summed E-state index contributed by atoms with van der Waals surface area (Å²) in [6, 6.07) is 0. The van der Waals surface area contributed by atoms with Crippen molar-refractivity contribution < 1.29 is 52.8 Å². The van der Waals surface area contributed by atoms with Crippen LogP contribution in [0.4, 0.5) is 35.1 Å². The van der Waals surface area contributed by atoms with Crippen LogP contribution < -0.4 is 0 Å². The third kappa shape index (κ3) is 5.11. The third-order valence-electron chi connectivity index (χ3n) is 1.25. The molecule has 0 spiro atoms. The quantitative estimate of drug-likeness (QED) is 0.224. The second kappa shape index (κ2) is 6.43. The van der Waals surface area contributed by atoms with Crippen LogP contribution >= 0.6 is 22.6 Å². The summed E-state index contributed by atoms with van der Waals surface area (Å²) in [5.41, 5.74) is 0. The third-order valence-corrected chi connectivity index (χ3v) is 2.76. The summed E-state index contributed by atoms with van der Waals surface area (Å²) in [7, 11) is -6.87. The minimum absolute atomic E-state index is 0. The summed E-state index contributed by atoms with van der Waals surface area (Å²) in [4.78, 5) is 0. The van der Waals surface area contributed by atoms with Crippen LogP contribution in [0.2, 0.25) is 0 Å². The number of halogens is 9. The van der Waals surface area contributed by atoms with Gasteiger partial charge in [-0.05, 0) is 0 Å². The fourth-order valence-electron chi connectivity index (χ4n) is 0.428. The monoisotopic (exact) mass is 463 g/mol. The van der Waals surface area contributed by atoms with Crippen molar-refractivity contribution in [3.05, 3.63) is 0 Å². The van der Waals surface area contributed by atoms with Gasteiger partial charge in [0, 0.05) is 74.0 Å². The average molecular weight is 463 g/mol. The first kappa shape index (κ1) is 22.9. The first-order chi connectivity index (χ1) is 7.46. The molecular weight excluding hydrogens is 462 g/mol. The van der Waals surface area contributed by atoms with E-state index in [2.05, 4.69) is 0 Å². The summed E-state index contributed by atoms with van der Waals surface area (Å²) in [5, 5.41) is -6.54. The Morgan fingerprint density at radius 1 is 0.895 bits per heavy atom. The van der Waals surface area contributed by atoms with Gasteiger partial charge in [0.1, 0.15) is 0 Å². The van der Waals surface area contributed by atoms with Gasteiger partial charge in [0.05, 0.1) is 0 Å². The molecule has 0 fully saturated rings. The van der Waals surface area contributed by atoms with Crippen LogP contribution in [0.5, 0.6) is 0 Å². The van der Waals surface area contributed by atoms with Crippen molar-refractivity contribution in [1.29, 1.82) is 0 Å². The smallest absolute Gasteiger partial charge is 0.281 e. The van der Waals surface area contributed by atoms with E-state index in [-0.39, 0.29) is 51.4 Å². The van der Waals surface area contributed by atoms with Gasteiger partial charge >= 0.3 is 31.5 Å². The normalized spacial score (nSPS) is 15.1. The van der Waals surface area contributed by atoms with Crippen LogP contribution in [0.15, 0.2) is 0 Å². The van der Waals surface area contributed by atoms with E-state index >= 15 is 0 Å². The number of hydrogen-bond donors (Lipinski definition) is 1. The molecule has 0 aromatic rings. The Balaban J connectivity index is 0. The van der Waals surface area contributed by atoms with E-state index in [0.717, 1.165) is 0 Å². The Kier molecular flexibility index (Phi) is 7.76. The van der Waals surface area contributed by atoms with Crippen LogP contribution in [0.1, 0.15) is 0 Å². The molecule has 0 aliphatic carbocycles. The van der Waals surface area contributed by atoms with Crippen molar-refractivity contribution in [3.8, 4) is 0 Å². The van der Waals surface area contributed by atoms with Crippen molar-refractivity contribution in [2.45, 2.75) is 21.4 Å².